The highest BCUT2D eigenvalue weighted by Gasteiger charge is 2.16. The topological polar surface area (TPSA) is 72.8 Å². The number of unbranched alkanes of at least 4 members (excludes halogenated alkanes) is 46. The second-order valence-electron chi connectivity index (χ2n) is 26.8. The molecule has 0 saturated carbocycles. The van der Waals surface area contributed by atoms with Gasteiger partial charge in [0.2, 0.25) is 0 Å². The second-order valence-corrected chi connectivity index (χ2v) is 26.8. The first-order chi connectivity index (χ1) is 45.6. The molecule has 1 N–H and O–H groups in total. The summed E-state index contributed by atoms with van der Waals surface area (Å²) in [5, 5.41) is 9.73. The smallest absolute Gasteiger partial charge is 0.306 e. The highest BCUT2D eigenvalue weighted by Crippen LogP contribution is 2.19. The molecule has 92 heavy (non-hydrogen) atoms. The number of hydrogen-bond donors (Lipinski definition) is 1. The molecule has 0 aliphatic heterocycles. The SMILES string of the molecule is CC/C=C\C/C=C\C/C=C\C/C=C\C/C=C\C/C=C\C/C=C\C/C=C\C/C=C\CCCCCCCCCCCC(=O)OC(CO)COC(=O)CCCCCCCCCCCCCCCCCCCCCCCCCCCCCCC/C=C\CCCCCCCCCC. The maximum Gasteiger partial charge on any atom is 0.306 e. The lowest BCUT2D eigenvalue weighted by Gasteiger charge is -2.15. The molecule has 530 valence electrons. The van der Waals surface area contributed by atoms with Crippen molar-refractivity contribution < 1.29 is 24.2 Å². The first-order valence-electron chi connectivity index (χ1n) is 40.1. The zero-order chi connectivity index (χ0) is 66.1. The van der Waals surface area contributed by atoms with Gasteiger partial charge in [0, 0.05) is 12.8 Å². The molecule has 0 aliphatic rings. The largest absolute Gasteiger partial charge is 0.462 e. The number of aliphatic hydroxyl groups is 1. The average Bonchev–Trinajstić information content (AvgIpc) is 3.70. The molecule has 5 heteroatoms. The molecule has 1 atom stereocenters. The van der Waals surface area contributed by atoms with Crippen LogP contribution in [0, 0.1) is 0 Å². The van der Waals surface area contributed by atoms with Crippen molar-refractivity contribution in [2.45, 2.75) is 405 Å². The van der Waals surface area contributed by atoms with Crippen LogP contribution in [-0.2, 0) is 19.1 Å². The van der Waals surface area contributed by atoms with Crippen LogP contribution in [-0.4, -0.2) is 36.4 Å². The lowest BCUT2D eigenvalue weighted by Crippen LogP contribution is -2.28. The van der Waals surface area contributed by atoms with Gasteiger partial charge in [-0.15, -0.1) is 0 Å². The van der Waals surface area contributed by atoms with Crippen molar-refractivity contribution in [3.05, 3.63) is 122 Å². The Balaban J connectivity index is 3.45. The van der Waals surface area contributed by atoms with Crippen molar-refractivity contribution in [1.29, 1.82) is 0 Å². The van der Waals surface area contributed by atoms with Gasteiger partial charge in [-0.25, -0.2) is 0 Å². The number of aliphatic hydroxyl groups excluding tert-OH is 1. The minimum Gasteiger partial charge on any atom is -0.462 e. The Morgan fingerprint density at radius 2 is 0.467 bits per heavy atom. The predicted octanol–water partition coefficient (Wildman–Crippen LogP) is 28.4. The highest BCUT2D eigenvalue weighted by molar-refractivity contribution is 5.70. The average molecular weight is 1280 g/mol. The molecule has 0 radical (unpaired) electrons. The Bertz CT molecular complexity index is 1790. The van der Waals surface area contributed by atoms with Crippen LogP contribution >= 0.6 is 0 Å². The number of allylic oxidation sites excluding steroid dienone is 20. The first kappa shape index (κ1) is 88.3. The minimum atomic E-state index is -0.783. The number of esters is 2. The summed E-state index contributed by atoms with van der Waals surface area (Å²) >= 11 is 0. The van der Waals surface area contributed by atoms with E-state index in [4.69, 9.17) is 9.47 Å². The first-order valence-corrected chi connectivity index (χ1v) is 40.1. The Morgan fingerprint density at radius 1 is 0.261 bits per heavy atom. The molecule has 0 heterocycles. The Morgan fingerprint density at radius 3 is 0.717 bits per heavy atom. The van der Waals surface area contributed by atoms with Gasteiger partial charge in [0.1, 0.15) is 6.61 Å². The molecule has 1 unspecified atom stereocenters. The fourth-order valence-corrected chi connectivity index (χ4v) is 11.8. The van der Waals surface area contributed by atoms with Crippen LogP contribution in [0.4, 0.5) is 0 Å². The van der Waals surface area contributed by atoms with Crippen LogP contribution < -0.4 is 0 Å². The molecule has 0 aromatic carbocycles. The van der Waals surface area contributed by atoms with Crippen LogP contribution in [0.3, 0.4) is 0 Å². The Labute approximate surface area is 573 Å². The maximum atomic E-state index is 12.4. The van der Waals surface area contributed by atoms with E-state index in [1.807, 2.05) is 0 Å². The minimum absolute atomic E-state index is 0.0700. The number of hydrogen-bond acceptors (Lipinski definition) is 5. The molecule has 0 fully saturated rings. The molecule has 0 aromatic heterocycles. The van der Waals surface area contributed by atoms with Crippen molar-refractivity contribution >= 4 is 11.9 Å². The third-order valence-corrected chi connectivity index (χ3v) is 17.7. The molecule has 0 aliphatic carbocycles. The molecule has 0 bridgehead atoms. The van der Waals surface area contributed by atoms with Gasteiger partial charge in [-0.3, -0.25) is 9.59 Å². The Hall–Kier alpha value is -3.70. The van der Waals surface area contributed by atoms with Gasteiger partial charge in [-0.05, 0) is 109 Å². The summed E-state index contributed by atoms with van der Waals surface area (Å²) in [6.07, 6.45) is 120. The molecule has 0 spiro atoms. The van der Waals surface area contributed by atoms with Crippen LogP contribution in [0.15, 0.2) is 122 Å². The van der Waals surface area contributed by atoms with Crippen LogP contribution in [0.5, 0.6) is 0 Å². The fourth-order valence-electron chi connectivity index (χ4n) is 11.8. The third-order valence-electron chi connectivity index (χ3n) is 17.7. The van der Waals surface area contributed by atoms with E-state index in [0.717, 1.165) is 103 Å². The zero-order valence-electron chi connectivity index (χ0n) is 61.0. The quantitative estimate of drug-likeness (QED) is 0.0373. The highest BCUT2D eigenvalue weighted by atomic mass is 16.6. The van der Waals surface area contributed by atoms with Crippen molar-refractivity contribution in [1.82, 2.24) is 0 Å². The van der Waals surface area contributed by atoms with Crippen molar-refractivity contribution in [3.8, 4) is 0 Å². The number of ether oxygens (including phenoxy) is 2. The van der Waals surface area contributed by atoms with E-state index in [1.165, 1.54) is 270 Å². The fraction of sp³-hybridized carbons (Fsp3) is 0.747. The van der Waals surface area contributed by atoms with E-state index < -0.39 is 6.10 Å². The van der Waals surface area contributed by atoms with Crippen molar-refractivity contribution in [2.75, 3.05) is 13.2 Å². The molecule has 0 amide bonds. The normalized spacial score (nSPS) is 12.9. The summed E-state index contributed by atoms with van der Waals surface area (Å²) < 4.78 is 10.8. The lowest BCUT2D eigenvalue weighted by atomic mass is 10.0. The summed E-state index contributed by atoms with van der Waals surface area (Å²) in [7, 11) is 0. The molecule has 0 saturated heterocycles. The summed E-state index contributed by atoms with van der Waals surface area (Å²) in [6.45, 7) is 4.06. The van der Waals surface area contributed by atoms with Gasteiger partial charge < -0.3 is 14.6 Å². The van der Waals surface area contributed by atoms with Gasteiger partial charge in [-0.2, -0.15) is 0 Å². The molecule has 0 rings (SSSR count). The maximum absolute atomic E-state index is 12.4. The van der Waals surface area contributed by atoms with E-state index in [1.54, 1.807) is 0 Å². The number of carbonyl (C=O) groups is 2. The van der Waals surface area contributed by atoms with E-state index >= 15 is 0 Å². The summed E-state index contributed by atoms with van der Waals surface area (Å²) in [6, 6.07) is 0. The van der Waals surface area contributed by atoms with Gasteiger partial charge in [0.25, 0.3) is 0 Å². The van der Waals surface area contributed by atoms with Gasteiger partial charge >= 0.3 is 11.9 Å². The van der Waals surface area contributed by atoms with Crippen molar-refractivity contribution in [3.63, 3.8) is 0 Å². The van der Waals surface area contributed by atoms with Gasteiger partial charge in [0.05, 0.1) is 6.61 Å². The predicted molar refractivity (Wildman–Crippen MR) is 408 cm³/mol. The van der Waals surface area contributed by atoms with Gasteiger partial charge in [-0.1, -0.05) is 399 Å². The number of carbonyl (C=O) groups excluding carboxylic acids is 2. The van der Waals surface area contributed by atoms with E-state index in [2.05, 4.69) is 135 Å². The van der Waals surface area contributed by atoms with Crippen molar-refractivity contribution in [2.24, 2.45) is 0 Å². The molecule has 0 aromatic rings. The van der Waals surface area contributed by atoms with E-state index in [9.17, 15) is 14.7 Å². The number of rotatable bonds is 74. The van der Waals surface area contributed by atoms with Gasteiger partial charge in [0.15, 0.2) is 6.10 Å². The van der Waals surface area contributed by atoms with Crippen LogP contribution in [0.1, 0.15) is 399 Å². The van der Waals surface area contributed by atoms with E-state index in [-0.39, 0.29) is 25.2 Å². The standard InChI is InChI=1S/C87H152O5/c1-3-5-7-9-11-13-15-17-19-21-23-25-27-29-31-33-35-37-39-41-42-43-44-46-47-49-51-53-55-57-59-61-63-65-67-69-71-73-75-77-79-81-86(89)91-84-85(83-88)92-87(90)82-80-78-76-74-72-70-68-66-64-62-60-58-56-54-52-50-48-45-40-38-36-34-32-30-28-26-24-22-20-18-16-14-12-10-8-6-4-2/h6,8,12,14,18,20-21,23-24,26,30,32,36,38,45,48,52,54,58,60,85,88H,3-5,7,9-11,13,15-17,19,22,25,27-29,31,33-35,37,39-44,46-47,49-51,53,55-57,59,61-84H2,1-2H3/b8-6-,14-12-,20-18-,23-21-,26-24-,32-30-,38-36-,48-45-,54-52-,60-58-. The van der Waals surface area contributed by atoms with E-state index in [0.29, 0.717) is 12.8 Å². The summed E-state index contributed by atoms with van der Waals surface area (Å²) in [5.41, 5.74) is 0. The second kappa shape index (κ2) is 81.5. The van der Waals surface area contributed by atoms with Crippen LogP contribution in [0.25, 0.3) is 0 Å². The Kier molecular flexibility index (Phi) is 78.3. The summed E-state index contributed by atoms with van der Waals surface area (Å²) in [4.78, 5) is 24.7. The molecular weight excluding hydrogens is 1120 g/mol. The zero-order valence-corrected chi connectivity index (χ0v) is 61.0. The molecular formula is C87H152O5. The third kappa shape index (κ3) is 78.7. The monoisotopic (exact) mass is 1280 g/mol. The molecule has 5 nitrogen and oxygen atoms in total. The summed E-state index contributed by atoms with van der Waals surface area (Å²) in [5.74, 6) is -0.587. The van der Waals surface area contributed by atoms with Crippen LogP contribution in [0.2, 0.25) is 0 Å². The lowest BCUT2D eigenvalue weighted by molar-refractivity contribution is -0.161.